The molecule has 0 fully saturated rings. The summed E-state index contributed by atoms with van der Waals surface area (Å²) in [5.41, 5.74) is 30.3. The first-order chi connectivity index (χ1) is 65.6. The molecule has 0 amide bonds. The van der Waals surface area contributed by atoms with Gasteiger partial charge >= 0.3 is 29.1 Å². The van der Waals surface area contributed by atoms with E-state index < -0.39 is 0 Å². The maximum atomic E-state index is 5.29. The van der Waals surface area contributed by atoms with Gasteiger partial charge in [-0.2, -0.15) is 0 Å². The average molecular weight is 1890 g/mol. The zero-order valence-corrected chi connectivity index (χ0v) is 94.2. The molecule has 9 aromatic carbocycles. The van der Waals surface area contributed by atoms with Crippen molar-refractivity contribution in [3.63, 3.8) is 0 Å². The number of aryl methyl sites for hydroxylation is 7. The predicted octanol–water partition coefficient (Wildman–Crippen LogP) is 30.8. The summed E-state index contributed by atoms with van der Waals surface area (Å²) in [6.45, 7) is 97.2. The first-order valence-electron chi connectivity index (χ1n) is 52.7. The van der Waals surface area contributed by atoms with Crippen LogP contribution in [0.5, 0.6) is 0 Å². The van der Waals surface area contributed by atoms with Gasteiger partial charge in [-0.15, -0.1) is 46.8 Å². The summed E-state index contributed by atoms with van der Waals surface area (Å²) in [5.74, 6) is 14.6. The Balaban J connectivity index is 0.000000158. The maximum absolute atomic E-state index is 5.29. The van der Waals surface area contributed by atoms with Gasteiger partial charge in [-0.25, -0.2) is 0 Å². The van der Waals surface area contributed by atoms with E-state index in [9.17, 15) is 0 Å². The molecule has 140 heavy (non-hydrogen) atoms. The van der Waals surface area contributed by atoms with E-state index in [1.165, 1.54) is 140 Å². The Morgan fingerprint density at radius 3 is 0.743 bits per heavy atom. The zero-order chi connectivity index (χ0) is 103. The molecular weight excluding hydrogens is 1710 g/mol. The number of hydrogen-bond donors (Lipinski definition) is 0. The van der Waals surface area contributed by atoms with E-state index in [1.54, 1.807) is 0 Å². The maximum Gasteiger partial charge on any atom is 0.317 e. The van der Waals surface area contributed by atoms with E-state index in [0.717, 1.165) is 46.6 Å². The van der Waals surface area contributed by atoms with Gasteiger partial charge in [-0.3, -0.25) is 0 Å². The summed E-state index contributed by atoms with van der Waals surface area (Å²) in [5, 5.41) is 0. The SMILES string of the molecule is Cc1cccc(C)c1-c1nc(C)[n+](C(C)C)n1-c1ccccc1C(C)C.Cc1nc(-c2c(C(C)C)cc(-c3ccccc3)cc2C(C)C)n(-c2ccccc2C(C)C)[n+]1C(C)C.Cc1nc(-c2c(C(C)C)cccc2C(C)C)n(-c2ccccc2C(C)C)[n+]1C(C)C.Cc1nc2n([n+]1C(C)C)-c1c(C(C)C)cccc1C(C)(C)C2(C)C.Cc1nc2n([n+]1C(C)C)-c1c(C(C)C)cccc1C(C)(C)C2(C)C. The molecule has 0 bridgehead atoms. The number of nitrogens with zero attached hydrogens (tertiary/aromatic N) is 15. The lowest BCUT2D eigenvalue weighted by molar-refractivity contribution is -0.790. The fourth-order valence-corrected chi connectivity index (χ4v) is 21.8. The molecule has 7 heterocycles. The smallest absolute Gasteiger partial charge is 0.146 e. The van der Waals surface area contributed by atoms with E-state index in [4.69, 9.17) is 24.9 Å². The van der Waals surface area contributed by atoms with Gasteiger partial charge < -0.3 is 0 Å². The van der Waals surface area contributed by atoms with Crippen LogP contribution in [0.25, 0.3) is 73.7 Å². The summed E-state index contributed by atoms with van der Waals surface area (Å²) in [4.78, 5) is 25.6. The van der Waals surface area contributed by atoms with Crippen molar-refractivity contribution in [1.82, 2.24) is 48.3 Å². The third kappa shape index (κ3) is 20.1. The number of aromatic nitrogens is 15. The minimum absolute atomic E-state index is 0.0236. The van der Waals surface area contributed by atoms with Gasteiger partial charge in [0.25, 0.3) is 29.1 Å². The van der Waals surface area contributed by atoms with Crippen molar-refractivity contribution >= 4 is 0 Å². The lowest BCUT2D eigenvalue weighted by Crippen LogP contribution is -2.54. The van der Waals surface area contributed by atoms with Gasteiger partial charge in [0, 0.05) is 45.4 Å². The quantitative estimate of drug-likeness (QED) is 0.0666. The van der Waals surface area contributed by atoms with Gasteiger partial charge in [-0.1, -0.05) is 322 Å². The Morgan fingerprint density at radius 2 is 0.450 bits per heavy atom. The van der Waals surface area contributed by atoms with Gasteiger partial charge in [-0.05, 0) is 291 Å². The van der Waals surface area contributed by atoms with Crippen LogP contribution in [0.4, 0.5) is 0 Å². The Morgan fingerprint density at radius 1 is 0.214 bits per heavy atom. The molecule has 0 atom stereocenters. The van der Waals surface area contributed by atoms with Crippen molar-refractivity contribution in [3.8, 4) is 73.7 Å². The van der Waals surface area contributed by atoms with Crippen molar-refractivity contribution in [2.75, 3.05) is 0 Å². The Hall–Kier alpha value is -11.3. The second-order valence-corrected chi connectivity index (χ2v) is 46.2. The van der Waals surface area contributed by atoms with Crippen LogP contribution in [0.2, 0.25) is 0 Å². The molecule has 0 spiro atoms. The minimum atomic E-state index is -0.0412. The first-order valence-corrected chi connectivity index (χ1v) is 52.7. The van der Waals surface area contributed by atoms with Crippen molar-refractivity contribution in [2.24, 2.45) is 0 Å². The summed E-state index contributed by atoms with van der Waals surface area (Å²) < 4.78 is 23.6. The van der Waals surface area contributed by atoms with E-state index in [-0.39, 0.29) is 27.7 Å². The van der Waals surface area contributed by atoms with Crippen LogP contribution < -0.4 is 23.4 Å². The van der Waals surface area contributed by atoms with Crippen LogP contribution in [0.3, 0.4) is 0 Å². The first kappa shape index (κ1) is 108. The van der Waals surface area contributed by atoms with E-state index in [0.29, 0.717) is 77.4 Å². The Bertz CT molecular complexity index is 6520. The van der Waals surface area contributed by atoms with Crippen molar-refractivity contribution < 1.29 is 23.4 Å². The largest absolute Gasteiger partial charge is 0.317 e. The summed E-state index contributed by atoms with van der Waals surface area (Å²) in [6, 6.07) is 70.3. The molecule has 15 nitrogen and oxygen atoms in total. The van der Waals surface area contributed by atoms with Gasteiger partial charge in [0.05, 0.1) is 56.0 Å². The number of hydrogen-bond acceptors (Lipinski definition) is 5. The Kier molecular flexibility index (Phi) is 32.6. The summed E-state index contributed by atoms with van der Waals surface area (Å²) in [7, 11) is 0. The molecule has 0 saturated carbocycles. The lowest BCUT2D eigenvalue weighted by Gasteiger charge is -2.44. The van der Waals surface area contributed by atoms with Crippen molar-refractivity contribution in [3.05, 3.63) is 301 Å². The van der Waals surface area contributed by atoms with Gasteiger partial charge in [0.2, 0.25) is 0 Å². The second kappa shape index (κ2) is 42.5. The molecule has 0 saturated heterocycles. The fraction of sp³-hybridized carbons (Fsp3) is 0.488. The van der Waals surface area contributed by atoms with Crippen LogP contribution in [0.1, 0.15) is 446 Å². The van der Waals surface area contributed by atoms with Crippen molar-refractivity contribution in [2.45, 2.75) is 403 Å². The highest BCUT2D eigenvalue weighted by Crippen LogP contribution is 2.53. The standard InChI is InChI=1S/C33H42N3.C27H38N3.C23H30N3.2C21H32N3/c1-21(2)28-17-13-14-18-31(28)36-33(34-25(9)35(36)24(7)8)32-29(22(3)4)19-27(20-30(32)23(5)6)26-15-11-10-12-16-26;1-17(2)22-13-10-11-16-25(22)30-27(28-21(9)29(30)20(7)8)26-23(18(3)4)14-12-15-24(26)19(5)6;1-15(2)20-13-8-9-14-21(20)26-23(24-19(7)25(26)16(3)4)22-17(5)11-10-12-18(22)6;2*1-13(2)16-11-10-12-17-18(16)24-19(21(8,9)20(17,6)7)22-15(5)23(24)14(3)4/h10-24H,1-9H3;10-20H,1-9H3;8-16H,1-7H3;2*10-14H,1-9H3/q5*+1. The van der Waals surface area contributed by atoms with E-state index in [2.05, 4.69) is 533 Å². The van der Waals surface area contributed by atoms with Gasteiger partial charge in [0.1, 0.15) is 30.2 Å². The lowest BCUT2D eigenvalue weighted by atomic mass is 9.61. The third-order valence-corrected chi connectivity index (χ3v) is 30.4. The molecular formula is C125H174N15+5. The molecule has 14 aromatic rings. The minimum Gasteiger partial charge on any atom is -0.146 e. The number of rotatable bonds is 21. The molecule has 2 aliphatic rings. The third-order valence-electron chi connectivity index (χ3n) is 30.4. The molecule has 15 heteroatoms. The molecule has 16 rings (SSSR count). The molecule has 0 N–H and O–H groups in total. The topological polar surface area (TPSA) is 108 Å². The van der Waals surface area contributed by atoms with E-state index in [1.807, 2.05) is 0 Å². The molecule has 0 unspecified atom stereocenters. The fourth-order valence-electron chi connectivity index (χ4n) is 21.8. The molecule has 5 aromatic heterocycles. The molecule has 2 aliphatic heterocycles. The second-order valence-electron chi connectivity index (χ2n) is 46.2. The van der Waals surface area contributed by atoms with E-state index >= 15 is 0 Å². The van der Waals surface area contributed by atoms with Crippen LogP contribution in [0, 0.1) is 48.5 Å². The van der Waals surface area contributed by atoms with Crippen LogP contribution >= 0.6 is 0 Å². The monoisotopic (exact) mass is 1890 g/mol. The number of benzene rings is 9. The zero-order valence-electron chi connectivity index (χ0n) is 94.2. The van der Waals surface area contributed by atoms with Crippen LogP contribution in [0.15, 0.2) is 188 Å². The normalized spacial score (nSPS) is 13.9. The van der Waals surface area contributed by atoms with Crippen molar-refractivity contribution in [1.29, 1.82) is 0 Å². The summed E-state index contributed by atoms with van der Waals surface area (Å²) in [6.07, 6.45) is 0. The highest BCUT2D eigenvalue weighted by atomic mass is 15.5. The highest BCUT2D eigenvalue weighted by molar-refractivity contribution is 5.77. The molecule has 744 valence electrons. The highest BCUT2D eigenvalue weighted by Gasteiger charge is 2.56. The van der Waals surface area contributed by atoms with Gasteiger partial charge in [0.15, 0.2) is 0 Å². The number of fused-ring (bicyclic) bond motifs is 6. The van der Waals surface area contributed by atoms with Crippen LogP contribution in [-0.4, -0.2) is 48.3 Å². The number of para-hydroxylation sites is 5. The Labute approximate surface area is 844 Å². The summed E-state index contributed by atoms with van der Waals surface area (Å²) >= 11 is 0. The molecule has 0 aliphatic carbocycles. The van der Waals surface area contributed by atoms with Crippen LogP contribution in [-0.2, 0) is 21.7 Å². The molecule has 0 radical (unpaired) electrons. The average Bonchev–Trinajstić information content (AvgIpc) is 1.48. The predicted molar refractivity (Wildman–Crippen MR) is 585 cm³/mol.